The van der Waals surface area contributed by atoms with Crippen molar-refractivity contribution in [1.82, 2.24) is 20.1 Å². The molecule has 1 aromatic heterocycles. The minimum atomic E-state index is -0.397. The van der Waals surface area contributed by atoms with Crippen LogP contribution in [-0.2, 0) is 22.6 Å². The first kappa shape index (κ1) is 24.5. The lowest BCUT2D eigenvalue weighted by molar-refractivity contribution is -0.132. The summed E-state index contributed by atoms with van der Waals surface area (Å²) in [5.74, 6) is -1.21. The second-order valence-electron chi connectivity index (χ2n) is 8.19. The van der Waals surface area contributed by atoms with Crippen molar-refractivity contribution >= 4 is 23.3 Å². The summed E-state index contributed by atoms with van der Waals surface area (Å²) in [7, 11) is 0. The number of hydrogen-bond acceptors (Lipinski definition) is 6. The molecule has 0 saturated heterocycles. The average molecular weight is 492 g/mol. The highest BCUT2D eigenvalue weighted by molar-refractivity contribution is 6.39. The van der Waals surface area contributed by atoms with E-state index in [1.165, 1.54) is 46.1 Å². The van der Waals surface area contributed by atoms with Gasteiger partial charge in [-0.05, 0) is 54.8 Å². The first-order valence-corrected chi connectivity index (χ1v) is 11.3. The first-order valence-electron chi connectivity index (χ1n) is 11.3. The van der Waals surface area contributed by atoms with Crippen molar-refractivity contribution in [3.8, 4) is 11.8 Å². The first-order chi connectivity index (χ1) is 17.4. The second-order valence-corrected chi connectivity index (χ2v) is 8.19. The molecular weight excluding hydrogens is 468 g/mol. The van der Waals surface area contributed by atoms with Crippen LogP contribution in [0.3, 0.4) is 0 Å². The van der Waals surface area contributed by atoms with Crippen molar-refractivity contribution in [3.05, 3.63) is 77.0 Å². The van der Waals surface area contributed by atoms with Gasteiger partial charge in [-0.2, -0.15) is 15.5 Å². The van der Waals surface area contributed by atoms with Crippen molar-refractivity contribution in [2.75, 3.05) is 12.3 Å². The number of nitrogen functional groups attached to an aromatic ring is 1. The predicted molar refractivity (Wildman–Crippen MR) is 128 cm³/mol. The molecule has 4 rings (SSSR count). The number of nitrogens with two attached hydrogens (primary N) is 1. The van der Waals surface area contributed by atoms with Crippen LogP contribution in [0.4, 0.5) is 14.6 Å². The molecule has 2 heterocycles. The fourth-order valence-corrected chi connectivity index (χ4v) is 3.77. The fourth-order valence-electron chi connectivity index (χ4n) is 3.77. The summed E-state index contributed by atoms with van der Waals surface area (Å²) in [6.45, 7) is 0.433. The fraction of sp³-hybridized carbons (Fsp3) is 0.240. The predicted octanol–water partition coefficient (Wildman–Crippen LogP) is 2.83. The largest absolute Gasteiger partial charge is 0.382 e. The number of nitriles is 1. The van der Waals surface area contributed by atoms with Crippen molar-refractivity contribution in [1.29, 1.82) is 5.26 Å². The number of carbonyl (C=O) groups excluding carboxylic acids is 2. The third-order valence-electron chi connectivity index (χ3n) is 5.67. The minimum Gasteiger partial charge on any atom is -0.382 e. The van der Waals surface area contributed by atoms with Crippen LogP contribution in [0.5, 0.6) is 0 Å². The number of rotatable bonds is 8. The number of aryl methyl sites for hydroxylation is 1. The quantitative estimate of drug-likeness (QED) is 0.468. The number of hydrogen-bond donors (Lipinski definition) is 2. The van der Waals surface area contributed by atoms with Crippen LogP contribution in [0, 0.1) is 23.0 Å². The lowest BCUT2D eigenvalue weighted by Crippen LogP contribution is -2.39. The molecule has 2 amide bonds. The van der Waals surface area contributed by atoms with Crippen molar-refractivity contribution < 1.29 is 18.4 Å². The van der Waals surface area contributed by atoms with Crippen molar-refractivity contribution in [2.24, 2.45) is 5.10 Å². The van der Waals surface area contributed by atoms with E-state index in [2.05, 4.69) is 21.6 Å². The summed E-state index contributed by atoms with van der Waals surface area (Å²) in [5, 5.41) is 22.1. The third kappa shape index (κ3) is 5.55. The highest BCUT2D eigenvalue weighted by Gasteiger charge is 2.24. The number of carbonyl (C=O) groups is 2. The number of anilines is 1. The van der Waals surface area contributed by atoms with Gasteiger partial charge in [-0.25, -0.2) is 18.5 Å². The Labute approximate surface area is 205 Å². The maximum Gasteiger partial charge on any atom is 0.267 e. The van der Waals surface area contributed by atoms with Gasteiger partial charge < -0.3 is 11.1 Å². The van der Waals surface area contributed by atoms with Crippen LogP contribution in [0.1, 0.15) is 36.1 Å². The molecule has 0 saturated carbocycles. The Kier molecular flexibility index (Phi) is 7.34. The molecule has 1 aliphatic rings. The molecule has 0 bridgehead atoms. The smallest absolute Gasteiger partial charge is 0.267 e. The molecule has 3 N–H and O–H groups in total. The number of nitrogens with one attached hydrogen (secondary N) is 1. The molecule has 0 aliphatic carbocycles. The standard InChI is InChI=1S/C25H23F2N7O2/c26-17-5-3-16(4-6-17)15-33-23(35)12-11-22(31-33)25(36)30-13-1-2-21-20(14-28)24(29)34(32-21)19-9-7-18(27)8-10-19/h3-10H,1-2,11-13,15,29H2,(H,30,36). The Morgan fingerprint density at radius 2 is 1.75 bits per heavy atom. The Morgan fingerprint density at radius 1 is 1.08 bits per heavy atom. The molecule has 0 spiro atoms. The molecule has 9 nitrogen and oxygen atoms in total. The summed E-state index contributed by atoms with van der Waals surface area (Å²) in [6.07, 6.45) is 1.23. The van der Waals surface area contributed by atoms with Crippen LogP contribution in [0.15, 0.2) is 53.6 Å². The zero-order valence-corrected chi connectivity index (χ0v) is 19.2. The molecule has 0 fully saturated rings. The monoisotopic (exact) mass is 491 g/mol. The van der Waals surface area contributed by atoms with E-state index in [1.807, 2.05) is 0 Å². The molecular formula is C25H23F2N7O2. The highest BCUT2D eigenvalue weighted by Crippen LogP contribution is 2.22. The van der Waals surface area contributed by atoms with Gasteiger partial charge in [0.15, 0.2) is 0 Å². The summed E-state index contributed by atoms with van der Waals surface area (Å²) in [4.78, 5) is 24.8. The van der Waals surface area contributed by atoms with Crippen LogP contribution in [0.2, 0.25) is 0 Å². The number of benzene rings is 2. The van der Waals surface area contributed by atoms with Gasteiger partial charge in [-0.3, -0.25) is 9.59 Å². The van der Waals surface area contributed by atoms with E-state index in [0.29, 0.717) is 29.8 Å². The van der Waals surface area contributed by atoms with E-state index < -0.39 is 5.82 Å². The normalized spacial score (nSPS) is 13.3. The van der Waals surface area contributed by atoms with Gasteiger partial charge in [0, 0.05) is 19.4 Å². The summed E-state index contributed by atoms with van der Waals surface area (Å²) in [5.41, 5.74) is 8.24. The zero-order chi connectivity index (χ0) is 25.7. The van der Waals surface area contributed by atoms with E-state index in [0.717, 1.165) is 0 Å². The summed E-state index contributed by atoms with van der Waals surface area (Å²) in [6, 6.07) is 13.4. The van der Waals surface area contributed by atoms with E-state index in [4.69, 9.17) is 5.73 Å². The molecule has 36 heavy (non-hydrogen) atoms. The zero-order valence-electron chi connectivity index (χ0n) is 19.2. The molecule has 2 aromatic carbocycles. The summed E-state index contributed by atoms with van der Waals surface area (Å²) >= 11 is 0. The number of aromatic nitrogens is 2. The molecule has 11 heteroatoms. The number of halogens is 2. The molecule has 184 valence electrons. The lowest BCUT2D eigenvalue weighted by Gasteiger charge is -2.23. The number of hydrazone groups is 1. The topological polar surface area (TPSA) is 129 Å². The highest BCUT2D eigenvalue weighted by atomic mass is 19.1. The van der Waals surface area contributed by atoms with E-state index in [9.17, 15) is 23.6 Å². The second kappa shape index (κ2) is 10.8. The number of nitrogens with zero attached hydrogens (tertiary/aromatic N) is 5. The van der Waals surface area contributed by atoms with Crippen LogP contribution < -0.4 is 11.1 Å². The molecule has 0 atom stereocenters. The van der Waals surface area contributed by atoms with Crippen molar-refractivity contribution in [3.63, 3.8) is 0 Å². The van der Waals surface area contributed by atoms with Gasteiger partial charge in [0.05, 0.1) is 17.9 Å². The van der Waals surface area contributed by atoms with Crippen LogP contribution in [-0.4, -0.2) is 38.9 Å². The van der Waals surface area contributed by atoms with E-state index in [-0.39, 0.29) is 60.7 Å². The third-order valence-corrected chi connectivity index (χ3v) is 5.67. The number of amides is 2. The Hall–Kier alpha value is -4.59. The van der Waals surface area contributed by atoms with Gasteiger partial charge in [-0.15, -0.1) is 0 Å². The van der Waals surface area contributed by atoms with Gasteiger partial charge in [0.25, 0.3) is 5.91 Å². The maximum atomic E-state index is 13.2. The van der Waals surface area contributed by atoms with Gasteiger partial charge in [-0.1, -0.05) is 12.1 Å². The Balaban J connectivity index is 1.34. The molecule has 0 radical (unpaired) electrons. The lowest BCUT2D eigenvalue weighted by atomic mass is 10.1. The molecule has 0 unspecified atom stereocenters. The Bertz CT molecular complexity index is 1340. The van der Waals surface area contributed by atoms with Crippen LogP contribution in [0.25, 0.3) is 5.69 Å². The molecule has 1 aliphatic heterocycles. The Morgan fingerprint density at radius 3 is 2.42 bits per heavy atom. The average Bonchev–Trinajstić information content (AvgIpc) is 3.19. The van der Waals surface area contributed by atoms with Gasteiger partial charge >= 0.3 is 0 Å². The van der Waals surface area contributed by atoms with E-state index in [1.54, 1.807) is 12.1 Å². The van der Waals surface area contributed by atoms with Gasteiger partial charge in [0.1, 0.15) is 34.8 Å². The summed E-state index contributed by atoms with van der Waals surface area (Å²) < 4.78 is 27.7. The van der Waals surface area contributed by atoms with Gasteiger partial charge in [0.2, 0.25) is 5.91 Å². The maximum absolute atomic E-state index is 13.2. The minimum absolute atomic E-state index is 0.144. The SMILES string of the molecule is N#Cc1c(CCCNC(=O)C2=NN(Cc3ccc(F)cc3)C(=O)CC2)nn(-c2ccc(F)cc2)c1N. The molecule has 3 aromatic rings. The van der Waals surface area contributed by atoms with Crippen LogP contribution >= 0.6 is 0 Å². The van der Waals surface area contributed by atoms with E-state index >= 15 is 0 Å². The van der Waals surface area contributed by atoms with Crippen molar-refractivity contribution in [2.45, 2.75) is 32.2 Å².